The lowest BCUT2D eigenvalue weighted by Crippen LogP contribution is -2.35. The summed E-state index contributed by atoms with van der Waals surface area (Å²) >= 11 is 0. The van der Waals surface area contributed by atoms with Gasteiger partial charge in [-0.05, 0) is 36.4 Å². The number of aromatic nitrogens is 2. The number of fused-ring (bicyclic) bond motifs is 1. The summed E-state index contributed by atoms with van der Waals surface area (Å²) in [5, 5.41) is 10.6. The van der Waals surface area contributed by atoms with E-state index in [0.29, 0.717) is 12.5 Å². The Balaban J connectivity index is 1.76. The summed E-state index contributed by atoms with van der Waals surface area (Å²) in [4.78, 5) is 0. The van der Waals surface area contributed by atoms with E-state index >= 15 is 0 Å². The Morgan fingerprint density at radius 2 is 1.69 bits per heavy atom. The van der Waals surface area contributed by atoms with Gasteiger partial charge in [-0.1, -0.05) is 26.0 Å². The van der Waals surface area contributed by atoms with Crippen LogP contribution in [-0.2, 0) is 13.6 Å². The van der Waals surface area contributed by atoms with Crippen LogP contribution in [0.5, 0.6) is 11.5 Å². The molecule has 3 rings (SSSR count). The molecule has 0 spiro atoms. The van der Waals surface area contributed by atoms with Gasteiger partial charge in [0.1, 0.15) is 30.8 Å². The fourth-order valence-electron chi connectivity index (χ4n) is 3.42. The van der Waals surface area contributed by atoms with Crippen LogP contribution in [0.15, 0.2) is 48.5 Å². The molecule has 0 fully saturated rings. The van der Waals surface area contributed by atoms with Crippen molar-refractivity contribution in [2.75, 3.05) is 13.7 Å². The number of benzene rings is 2. The summed E-state index contributed by atoms with van der Waals surface area (Å²) in [5.41, 5.74) is 2.29. The fourth-order valence-corrected chi connectivity index (χ4v) is 3.42. The number of aryl methyl sites for hydroxylation is 1. The maximum atomic E-state index is 10.6. The van der Waals surface area contributed by atoms with Crippen LogP contribution >= 0.6 is 0 Å². The van der Waals surface area contributed by atoms with E-state index in [1.807, 2.05) is 36.4 Å². The molecule has 0 aliphatic carbocycles. The first kappa shape index (κ1) is 18.3. The predicted octanol–water partition coefficient (Wildman–Crippen LogP) is 3.04. The quantitative estimate of drug-likeness (QED) is 0.663. The maximum Gasteiger partial charge on any atom is 0.259 e. The molecule has 0 radical (unpaired) electrons. The van der Waals surface area contributed by atoms with Gasteiger partial charge in [-0.25, -0.2) is 9.13 Å². The van der Waals surface area contributed by atoms with Crippen molar-refractivity contribution in [1.29, 1.82) is 0 Å². The number of nitrogens with zero attached hydrogens (tertiary/aromatic N) is 2. The van der Waals surface area contributed by atoms with Gasteiger partial charge in [0.15, 0.2) is 11.0 Å². The summed E-state index contributed by atoms with van der Waals surface area (Å²) in [6, 6.07) is 15.7. The molecule has 3 aromatic rings. The highest BCUT2D eigenvalue weighted by atomic mass is 16.5. The second-order valence-electron chi connectivity index (χ2n) is 6.81. The minimum Gasteiger partial charge on any atom is -0.497 e. The summed E-state index contributed by atoms with van der Waals surface area (Å²) in [6.07, 6.45) is -0.606. The van der Waals surface area contributed by atoms with Gasteiger partial charge in [-0.2, -0.15) is 0 Å². The first-order valence-electron chi connectivity index (χ1n) is 8.93. The highest BCUT2D eigenvalue weighted by Gasteiger charge is 2.26. The lowest BCUT2D eigenvalue weighted by atomic mass is 10.2. The maximum absolute atomic E-state index is 10.6. The zero-order valence-electron chi connectivity index (χ0n) is 15.8. The first-order chi connectivity index (χ1) is 12.5. The van der Waals surface area contributed by atoms with Gasteiger partial charge in [-0.15, -0.1) is 0 Å². The van der Waals surface area contributed by atoms with E-state index in [1.165, 1.54) is 11.3 Å². The van der Waals surface area contributed by atoms with Crippen molar-refractivity contribution in [3.63, 3.8) is 0 Å². The average Bonchev–Trinajstić information content (AvgIpc) is 2.93. The second-order valence-corrected chi connectivity index (χ2v) is 6.81. The van der Waals surface area contributed by atoms with Gasteiger partial charge in [0.25, 0.3) is 5.82 Å². The summed E-state index contributed by atoms with van der Waals surface area (Å²) < 4.78 is 15.3. The number of para-hydroxylation sites is 2. The topological polar surface area (TPSA) is 47.5 Å². The second kappa shape index (κ2) is 7.79. The number of hydrogen-bond acceptors (Lipinski definition) is 3. The number of hydrogen-bond donors (Lipinski definition) is 1. The van der Waals surface area contributed by atoms with Gasteiger partial charge in [0.2, 0.25) is 0 Å². The highest BCUT2D eigenvalue weighted by molar-refractivity contribution is 5.72. The smallest absolute Gasteiger partial charge is 0.259 e. The van der Waals surface area contributed by atoms with Crippen LogP contribution in [0.2, 0.25) is 0 Å². The summed E-state index contributed by atoms with van der Waals surface area (Å²) in [7, 11) is 3.71. The lowest BCUT2D eigenvalue weighted by Gasteiger charge is -2.13. The van der Waals surface area contributed by atoms with E-state index < -0.39 is 6.10 Å². The molecule has 2 aromatic carbocycles. The van der Waals surface area contributed by atoms with E-state index in [2.05, 4.69) is 42.2 Å². The van der Waals surface area contributed by atoms with Crippen molar-refractivity contribution >= 4 is 11.0 Å². The van der Waals surface area contributed by atoms with Crippen molar-refractivity contribution in [3.05, 3.63) is 54.4 Å². The van der Waals surface area contributed by atoms with E-state index in [1.54, 1.807) is 7.11 Å². The summed E-state index contributed by atoms with van der Waals surface area (Å²) in [6.45, 7) is 5.07. The Kier molecular flexibility index (Phi) is 5.47. The molecule has 0 saturated heterocycles. The Labute approximate surface area is 154 Å². The third-order valence-electron chi connectivity index (χ3n) is 4.57. The Hall–Kier alpha value is -2.53. The predicted molar refractivity (Wildman–Crippen MR) is 102 cm³/mol. The normalized spacial score (nSPS) is 12.5. The minimum absolute atomic E-state index is 0.236. The van der Waals surface area contributed by atoms with Crippen molar-refractivity contribution in [2.24, 2.45) is 7.05 Å². The van der Waals surface area contributed by atoms with Crippen LogP contribution in [0, 0.1) is 0 Å². The van der Waals surface area contributed by atoms with Gasteiger partial charge in [0.05, 0.1) is 20.1 Å². The first-order valence-corrected chi connectivity index (χ1v) is 8.93. The molecule has 0 aliphatic heterocycles. The van der Waals surface area contributed by atoms with Crippen LogP contribution in [0.3, 0.4) is 0 Å². The van der Waals surface area contributed by atoms with Crippen molar-refractivity contribution in [1.82, 2.24) is 4.57 Å². The minimum atomic E-state index is -0.606. The number of aliphatic hydroxyl groups is 1. The lowest BCUT2D eigenvalue weighted by molar-refractivity contribution is -0.655. The average molecular weight is 355 g/mol. The van der Waals surface area contributed by atoms with Crippen LogP contribution in [0.25, 0.3) is 11.0 Å². The number of imidazole rings is 1. The number of rotatable bonds is 7. The Morgan fingerprint density at radius 1 is 1.04 bits per heavy atom. The number of ether oxygens (including phenoxy) is 2. The molecule has 0 saturated carbocycles. The largest absolute Gasteiger partial charge is 0.497 e. The molecule has 1 aromatic heterocycles. The van der Waals surface area contributed by atoms with Gasteiger partial charge in [0, 0.05) is 0 Å². The SMILES string of the molecule is COc1ccc(OC[C@@H](O)Cn2c(C(C)C)[n+](C)c3ccccc32)cc1. The molecule has 0 unspecified atom stereocenters. The van der Waals surface area contributed by atoms with Crippen LogP contribution < -0.4 is 14.0 Å². The van der Waals surface area contributed by atoms with Crippen molar-refractivity contribution < 1.29 is 19.1 Å². The monoisotopic (exact) mass is 355 g/mol. The molecule has 1 heterocycles. The van der Waals surface area contributed by atoms with Crippen LogP contribution in [0.1, 0.15) is 25.6 Å². The van der Waals surface area contributed by atoms with E-state index in [-0.39, 0.29) is 6.61 Å². The zero-order chi connectivity index (χ0) is 18.7. The zero-order valence-corrected chi connectivity index (χ0v) is 15.8. The molecule has 1 atom stereocenters. The van der Waals surface area contributed by atoms with Crippen molar-refractivity contribution in [3.8, 4) is 11.5 Å². The Bertz CT molecular complexity index is 869. The molecule has 0 bridgehead atoms. The van der Waals surface area contributed by atoms with E-state index in [0.717, 1.165) is 17.0 Å². The molecule has 0 amide bonds. The molecular formula is C21H27N2O3+. The molecule has 0 aliphatic rings. The standard InChI is InChI=1S/C21H27N2O3/c1-15(2)21-22(3)19-7-5-6-8-20(19)23(21)13-16(24)14-26-18-11-9-17(25-4)10-12-18/h5-12,15-16,24H,13-14H2,1-4H3/q+1/t16-/m0/s1. The van der Waals surface area contributed by atoms with Crippen LogP contribution in [0.4, 0.5) is 0 Å². The molecule has 5 nitrogen and oxygen atoms in total. The van der Waals surface area contributed by atoms with Gasteiger partial charge >= 0.3 is 0 Å². The third-order valence-corrected chi connectivity index (χ3v) is 4.57. The van der Waals surface area contributed by atoms with E-state index in [4.69, 9.17) is 9.47 Å². The fraction of sp³-hybridized carbons (Fsp3) is 0.381. The van der Waals surface area contributed by atoms with Gasteiger partial charge in [-0.3, -0.25) is 0 Å². The molecular weight excluding hydrogens is 328 g/mol. The molecule has 138 valence electrons. The summed E-state index contributed by atoms with van der Waals surface area (Å²) in [5.74, 6) is 3.04. The van der Waals surface area contributed by atoms with Crippen molar-refractivity contribution in [2.45, 2.75) is 32.4 Å². The number of aliphatic hydroxyl groups excluding tert-OH is 1. The number of methoxy groups -OCH3 is 1. The molecule has 5 heteroatoms. The molecule has 1 N–H and O–H groups in total. The van der Waals surface area contributed by atoms with Gasteiger partial charge < -0.3 is 14.6 Å². The Morgan fingerprint density at radius 3 is 2.35 bits per heavy atom. The molecule has 26 heavy (non-hydrogen) atoms. The highest BCUT2D eigenvalue weighted by Crippen LogP contribution is 2.21. The van der Waals surface area contributed by atoms with Crippen LogP contribution in [-0.4, -0.2) is 29.5 Å². The van der Waals surface area contributed by atoms with E-state index in [9.17, 15) is 5.11 Å². The third kappa shape index (κ3) is 3.68.